The van der Waals surface area contributed by atoms with Gasteiger partial charge in [0.1, 0.15) is 0 Å². The van der Waals surface area contributed by atoms with Gasteiger partial charge in [-0.15, -0.1) is 11.3 Å². The van der Waals surface area contributed by atoms with Crippen LogP contribution in [0.25, 0.3) is 0 Å². The summed E-state index contributed by atoms with van der Waals surface area (Å²) >= 11 is 1.80. The van der Waals surface area contributed by atoms with Crippen LogP contribution in [-0.4, -0.2) is 11.5 Å². The zero-order valence-electron chi connectivity index (χ0n) is 11.0. The van der Waals surface area contributed by atoms with Gasteiger partial charge in [0.25, 0.3) is 0 Å². The van der Waals surface area contributed by atoms with Gasteiger partial charge in [0.15, 0.2) is 0 Å². The highest BCUT2D eigenvalue weighted by Crippen LogP contribution is 2.38. The van der Waals surface area contributed by atoms with E-state index in [9.17, 15) is 0 Å². The van der Waals surface area contributed by atoms with Crippen molar-refractivity contribution in [2.24, 2.45) is 11.8 Å². The Hall–Kier alpha value is -0.410. The second kappa shape index (κ2) is 6.50. The minimum Gasteiger partial charge on any atom is -0.309 e. The molecule has 1 aromatic rings. The minimum absolute atomic E-state index is 0.547. The molecule has 3 heteroatoms. The smallest absolute Gasteiger partial charge is 0.0794 e. The van der Waals surface area contributed by atoms with Crippen LogP contribution in [0.5, 0.6) is 0 Å². The molecular formula is C14H24N2S. The lowest BCUT2D eigenvalue weighted by Gasteiger charge is -2.33. The number of nitrogens with one attached hydrogen (secondary N) is 1. The Morgan fingerprint density at radius 3 is 2.65 bits per heavy atom. The highest BCUT2D eigenvalue weighted by molar-refractivity contribution is 7.09. The van der Waals surface area contributed by atoms with Crippen LogP contribution in [0.3, 0.4) is 0 Å². The molecule has 1 aliphatic rings. The fourth-order valence-corrected chi connectivity index (χ4v) is 3.82. The molecule has 1 unspecified atom stereocenters. The lowest BCUT2D eigenvalue weighted by Crippen LogP contribution is -2.30. The summed E-state index contributed by atoms with van der Waals surface area (Å²) in [4.78, 5) is 5.65. The topological polar surface area (TPSA) is 24.9 Å². The second-order valence-electron chi connectivity index (χ2n) is 5.13. The van der Waals surface area contributed by atoms with Crippen LogP contribution in [0.15, 0.2) is 11.7 Å². The molecule has 1 saturated carbocycles. The van der Waals surface area contributed by atoms with Crippen molar-refractivity contribution >= 4 is 11.3 Å². The van der Waals surface area contributed by atoms with E-state index in [1.54, 1.807) is 11.3 Å². The van der Waals surface area contributed by atoms with E-state index in [1.807, 2.05) is 11.7 Å². The second-order valence-corrected chi connectivity index (χ2v) is 6.05. The van der Waals surface area contributed by atoms with Crippen molar-refractivity contribution in [2.45, 2.75) is 52.0 Å². The molecule has 96 valence electrons. The zero-order chi connectivity index (χ0) is 12.1. The first-order chi connectivity index (χ1) is 8.35. The van der Waals surface area contributed by atoms with Crippen molar-refractivity contribution < 1.29 is 0 Å². The molecule has 0 spiro atoms. The van der Waals surface area contributed by atoms with Gasteiger partial charge >= 0.3 is 0 Å². The lowest BCUT2D eigenvalue weighted by molar-refractivity contribution is 0.222. The molecule has 0 radical (unpaired) electrons. The molecule has 1 fully saturated rings. The molecule has 2 nitrogen and oxygen atoms in total. The van der Waals surface area contributed by atoms with Crippen molar-refractivity contribution in [1.82, 2.24) is 10.3 Å². The lowest BCUT2D eigenvalue weighted by atomic mass is 9.77. The summed E-state index contributed by atoms with van der Waals surface area (Å²) in [7, 11) is 0. The van der Waals surface area contributed by atoms with E-state index in [4.69, 9.17) is 0 Å². The fraction of sp³-hybridized carbons (Fsp3) is 0.786. The number of hydrogen-bond acceptors (Lipinski definition) is 3. The number of hydrogen-bond donors (Lipinski definition) is 1. The van der Waals surface area contributed by atoms with Crippen molar-refractivity contribution in [3.05, 3.63) is 16.6 Å². The van der Waals surface area contributed by atoms with Crippen molar-refractivity contribution in [2.75, 3.05) is 6.54 Å². The predicted octanol–water partition coefficient (Wildman–Crippen LogP) is 4.01. The van der Waals surface area contributed by atoms with Crippen LogP contribution < -0.4 is 5.32 Å². The standard InChI is InChI=1S/C14H24N2S/c1-3-11-5-7-12(8-6-11)14(16-4-2)13-9-15-10-17-13/h9-12,14,16H,3-8H2,1-2H3. The monoisotopic (exact) mass is 252 g/mol. The highest BCUT2D eigenvalue weighted by Gasteiger charge is 2.28. The quantitative estimate of drug-likeness (QED) is 0.856. The average Bonchev–Trinajstić information content (AvgIpc) is 2.90. The van der Waals surface area contributed by atoms with Crippen molar-refractivity contribution in [1.29, 1.82) is 0 Å². The summed E-state index contributed by atoms with van der Waals surface area (Å²) in [6, 6.07) is 0.547. The first kappa shape index (κ1) is 13.0. The molecule has 0 aromatic carbocycles. The molecule has 1 aliphatic carbocycles. The van der Waals surface area contributed by atoms with Crippen LogP contribution in [-0.2, 0) is 0 Å². The van der Waals surface area contributed by atoms with Gasteiger partial charge < -0.3 is 5.32 Å². The first-order valence-corrected chi connectivity index (χ1v) is 7.84. The molecule has 0 saturated heterocycles. The van der Waals surface area contributed by atoms with Crippen molar-refractivity contribution in [3.8, 4) is 0 Å². The van der Waals surface area contributed by atoms with Gasteiger partial charge in [-0.25, -0.2) is 0 Å². The Kier molecular flexibility index (Phi) is 4.99. The highest BCUT2D eigenvalue weighted by atomic mass is 32.1. The Balaban J connectivity index is 1.98. The maximum atomic E-state index is 4.23. The van der Waals surface area contributed by atoms with E-state index < -0.39 is 0 Å². The Morgan fingerprint density at radius 2 is 2.12 bits per heavy atom. The molecule has 2 rings (SSSR count). The number of rotatable bonds is 5. The fourth-order valence-electron chi connectivity index (χ4n) is 3.03. The van der Waals surface area contributed by atoms with E-state index in [0.29, 0.717) is 6.04 Å². The summed E-state index contributed by atoms with van der Waals surface area (Å²) in [5, 5.41) is 3.66. The maximum absolute atomic E-state index is 4.23. The molecule has 1 aromatic heterocycles. The summed E-state index contributed by atoms with van der Waals surface area (Å²) in [6.07, 6.45) is 9.01. The first-order valence-electron chi connectivity index (χ1n) is 6.96. The van der Waals surface area contributed by atoms with Gasteiger partial charge in [-0.1, -0.05) is 33.1 Å². The summed E-state index contributed by atoms with van der Waals surface area (Å²) in [5.74, 6) is 1.80. The molecule has 0 aliphatic heterocycles. The third-order valence-corrected chi connectivity index (χ3v) is 4.98. The SMILES string of the molecule is CCNC(c1cncs1)C1CCC(CC)CC1. The third kappa shape index (κ3) is 3.29. The Labute approximate surface area is 109 Å². The van der Waals surface area contributed by atoms with Gasteiger partial charge in [-0.3, -0.25) is 4.98 Å². The zero-order valence-corrected chi connectivity index (χ0v) is 11.8. The molecule has 1 N–H and O–H groups in total. The van der Waals surface area contributed by atoms with E-state index in [0.717, 1.165) is 18.4 Å². The molecule has 17 heavy (non-hydrogen) atoms. The summed E-state index contributed by atoms with van der Waals surface area (Å²) in [6.45, 7) is 5.58. The normalized spacial score (nSPS) is 26.9. The van der Waals surface area contributed by atoms with E-state index >= 15 is 0 Å². The van der Waals surface area contributed by atoms with Gasteiger partial charge in [-0.05, 0) is 31.2 Å². The largest absolute Gasteiger partial charge is 0.309 e. The summed E-state index contributed by atoms with van der Waals surface area (Å²) < 4.78 is 0. The van der Waals surface area contributed by atoms with Gasteiger partial charge in [-0.2, -0.15) is 0 Å². The number of nitrogens with zero attached hydrogens (tertiary/aromatic N) is 1. The molecule has 0 amide bonds. The van der Waals surface area contributed by atoms with Crippen LogP contribution in [0, 0.1) is 11.8 Å². The maximum Gasteiger partial charge on any atom is 0.0794 e. The van der Waals surface area contributed by atoms with E-state index in [-0.39, 0.29) is 0 Å². The summed E-state index contributed by atoms with van der Waals surface area (Å²) in [5.41, 5.74) is 1.96. The molecule has 1 atom stereocenters. The van der Waals surface area contributed by atoms with Crippen LogP contribution in [0.1, 0.15) is 56.9 Å². The van der Waals surface area contributed by atoms with Crippen LogP contribution >= 0.6 is 11.3 Å². The minimum atomic E-state index is 0.547. The average molecular weight is 252 g/mol. The number of thiazole rings is 1. The van der Waals surface area contributed by atoms with Crippen molar-refractivity contribution in [3.63, 3.8) is 0 Å². The predicted molar refractivity (Wildman–Crippen MR) is 74.3 cm³/mol. The molecule has 0 bridgehead atoms. The van der Waals surface area contributed by atoms with Crippen LogP contribution in [0.2, 0.25) is 0 Å². The van der Waals surface area contributed by atoms with E-state index in [1.165, 1.54) is 37.0 Å². The van der Waals surface area contributed by atoms with Crippen LogP contribution in [0.4, 0.5) is 0 Å². The molecular weight excluding hydrogens is 228 g/mol. The van der Waals surface area contributed by atoms with E-state index in [2.05, 4.69) is 24.1 Å². The third-order valence-electron chi connectivity index (χ3n) is 4.12. The Morgan fingerprint density at radius 1 is 1.35 bits per heavy atom. The molecule has 1 heterocycles. The number of aromatic nitrogens is 1. The van der Waals surface area contributed by atoms with Gasteiger partial charge in [0.05, 0.1) is 5.51 Å². The van der Waals surface area contributed by atoms with Gasteiger partial charge in [0, 0.05) is 17.1 Å². The Bertz CT molecular complexity index is 302. The van der Waals surface area contributed by atoms with Gasteiger partial charge in [0.2, 0.25) is 0 Å².